The summed E-state index contributed by atoms with van der Waals surface area (Å²) in [4.78, 5) is 0. The van der Waals surface area contributed by atoms with Gasteiger partial charge in [-0.1, -0.05) is 13.3 Å². The van der Waals surface area contributed by atoms with Gasteiger partial charge in [0.25, 0.3) is 0 Å². The quantitative estimate of drug-likeness (QED) is 0.439. The minimum absolute atomic E-state index is 0. The second-order valence-electron chi connectivity index (χ2n) is 1.21. The van der Waals surface area contributed by atoms with Gasteiger partial charge in [-0.05, 0) is 15.7 Å². The summed E-state index contributed by atoms with van der Waals surface area (Å²) in [7, 11) is 2.05. The molecule has 0 bridgehead atoms. The van der Waals surface area contributed by atoms with Gasteiger partial charge in [-0.2, -0.15) is 0 Å². The lowest BCUT2D eigenvalue weighted by atomic mass is 10.4. The molecule has 0 aliphatic rings. The van der Waals surface area contributed by atoms with E-state index in [0.29, 0.717) is 0 Å². The van der Waals surface area contributed by atoms with Gasteiger partial charge in [0.2, 0.25) is 0 Å². The van der Waals surface area contributed by atoms with Gasteiger partial charge in [-0.3, -0.25) is 0 Å². The van der Waals surface area contributed by atoms with Crippen LogP contribution in [0.2, 0.25) is 0 Å². The molecule has 40 valence electrons. The van der Waals surface area contributed by atoms with Crippen LogP contribution >= 0.6 is 9.24 Å². The molecule has 0 heterocycles. The number of halogens is 1. The van der Waals surface area contributed by atoms with Crippen LogP contribution in [-0.2, 0) is 0 Å². The summed E-state index contributed by atoms with van der Waals surface area (Å²) in [5, 5.41) is 0. The van der Waals surface area contributed by atoms with Gasteiger partial charge in [0.05, 0.1) is 6.16 Å². The van der Waals surface area contributed by atoms with Crippen LogP contribution in [0, 0.1) is 0 Å². The van der Waals surface area contributed by atoms with Crippen molar-refractivity contribution in [1.82, 2.24) is 0 Å². The summed E-state index contributed by atoms with van der Waals surface area (Å²) in [6, 6.07) is 0. The van der Waals surface area contributed by atoms with Crippen molar-refractivity contribution in [2.24, 2.45) is 0 Å². The van der Waals surface area contributed by atoms with Crippen molar-refractivity contribution < 1.29 is 17.0 Å². The van der Waals surface area contributed by atoms with E-state index in [1.165, 1.54) is 19.0 Å². The summed E-state index contributed by atoms with van der Waals surface area (Å²) < 4.78 is 0. The van der Waals surface area contributed by atoms with E-state index in [2.05, 4.69) is 6.92 Å². The summed E-state index contributed by atoms with van der Waals surface area (Å²) in [6.07, 6.45) is 4.12. The Morgan fingerprint density at radius 3 is 2.00 bits per heavy atom. The topological polar surface area (TPSA) is 0 Å². The van der Waals surface area contributed by atoms with Gasteiger partial charge >= 0.3 is 0 Å². The van der Waals surface area contributed by atoms with Crippen LogP contribution in [0.15, 0.2) is 0 Å². The molecule has 0 aromatic heterocycles. The van der Waals surface area contributed by atoms with E-state index in [-0.39, 0.29) is 17.0 Å². The van der Waals surface area contributed by atoms with Crippen LogP contribution in [0.4, 0.5) is 0 Å². The van der Waals surface area contributed by atoms with Crippen LogP contribution < -0.4 is 17.0 Å². The maximum atomic E-state index is 2.22. The van der Waals surface area contributed by atoms with Crippen LogP contribution in [-0.4, -0.2) is 6.16 Å². The Morgan fingerprint density at radius 1 is 1.50 bits per heavy atom. The third-order valence-corrected chi connectivity index (χ3v) is 1.10. The third-order valence-electron chi connectivity index (χ3n) is 0.604. The second-order valence-corrected chi connectivity index (χ2v) is 1.91. The van der Waals surface area contributed by atoms with E-state index >= 15 is 0 Å². The average Bonchev–Trinajstić information content (AvgIpc) is 1.41. The molecule has 0 rings (SSSR count). The zero-order valence-corrected chi connectivity index (χ0v) is 7.21. The molecule has 0 aromatic rings. The largest absolute Gasteiger partial charge is 1.00 e. The molecule has 1 atom stereocenters. The normalized spacial score (nSPS) is 7.50. The van der Waals surface area contributed by atoms with Gasteiger partial charge < -0.3 is 17.0 Å². The molecule has 0 amide bonds. The molecular formula is C4H12BrP. The van der Waals surface area contributed by atoms with Crippen molar-refractivity contribution in [2.75, 3.05) is 6.16 Å². The highest BCUT2D eigenvalue weighted by Gasteiger charge is 1.72. The fourth-order valence-electron chi connectivity index (χ4n) is 0.250. The molecule has 0 aliphatic heterocycles. The van der Waals surface area contributed by atoms with Gasteiger partial charge in [-0.15, -0.1) is 0 Å². The fourth-order valence-corrected chi connectivity index (χ4v) is 0.750. The Balaban J connectivity index is 0. The van der Waals surface area contributed by atoms with Crippen molar-refractivity contribution in [3.63, 3.8) is 0 Å². The smallest absolute Gasteiger partial charge is 0.0526 e. The van der Waals surface area contributed by atoms with Crippen molar-refractivity contribution in [3.8, 4) is 0 Å². The highest BCUT2D eigenvalue weighted by atomic mass is 79.9. The Kier molecular flexibility index (Phi) is 15.6. The molecule has 2 heteroatoms. The van der Waals surface area contributed by atoms with E-state index in [9.17, 15) is 0 Å². The van der Waals surface area contributed by atoms with Gasteiger partial charge in [0, 0.05) is 0 Å². The van der Waals surface area contributed by atoms with Gasteiger partial charge in [0.15, 0.2) is 0 Å². The number of rotatable bonds is 2. The van der Waals surface area contributed by atoms with Crippen molar-refractivity contribution in [2.45, 2.75) is 19.8 Å². The van der Waals surface area contributed by atoms with Crippen molar-refractivity contribution >= 4 is 9.24 Å². The predicted octanol–water partition coefficient (Wildman–Crippen LogP) is -1.60. The SMILES string of the molecule is CCCC[PH3+].[Br-]. The summed E-state index contributed by atoms with van der Waals surface area (Å²) in [6.45, 7) is 2.22. The summed E-state index contributed by atoms with van der Waals surface area (Å²) >= 11 is 0. The lowest BCUT2D eigenvalue weighted by molar-refractivity contribution is -0.00000109. The zero-order valence-electron chi connectivity index (χ0n) is 4.21. The third kappa shape index (κ3) is 8.86. The predicted molar refractivity (Wildman–Crippen MR) is 30.9 cm³/mol. The summed E-state index contributed by atoms with van der Waals surface area (Å²) in [5.41, 5.74) is 0. The molecule has 0 aromatic carbocycles. The molecule has 0 spiro atoms. The number of unbranched alkanes of at least 4 members (excludes halogenated alkanes) is 1. The fraction of sp³-hybridized carbons (Fsp3) is 1.00. The Labute approximate surface area is 52.7 Å². The van der Waals surface area contributed by atoms with Gasteiger partial charge in [-0.25, -0.2) is 0 Å². The molecule has 0 aliphatic carbocycles. The van der Waals surface area contributed by atoms with E-state index in [1.54, 1.807) is 0 Å². The van der Waals surface area contributed by atoms with E-state index in [4.69, 9.17) is 0 Å². The molecular weight excluding hydrogens is 159 g/mol. The lowest BCUT2D eigenvalue weighted by Gasteiger charge is -1.75. The second kappa shape index (κ2) is 9.32. The molecule has 0 fully saturated rings. The van der Waals surface area contributed by atoms with Crippen LogP contribution in [0.5, 0.6) is 0 Å². The summed E-state index contributed by atoms with van der Waals surface area (Å²) in [5.74, 6) is 0. The first-order valence-corrected chi connectivity index (χ1v) is 3.21. The molecule has 0 nitrogen and oxygen atoms in total. The Hall–Kier alpha value is 0.910. The lowest BCUT2D eigenvalue weighted by Crippen LogP contribution is -3.00. The maximum Gasteiger partial charge on any atom is 0.0526 e. The molecule has 0 saturated heterocycles. The van der Waals surface area contributed by atoms with Crippen LogP contribution in [0.25, 0.3) is 0 Å². The van der Waals surface area contributed by atoms with Crippen molar-refractivity contribution in [1.29, 1.82) is 0 Å². The molecule has 0 saturated carbocycles. The van der Waals surface area contributed by atoms with Crippen LogP contribution in [0.3, 0.4) is 0 Å². The highest BCUT2D eigenvalue weighted by Crippen LogP contribution is 1.89. The van der Waals surface area contributed by atoms with E-state index in [1.807, 2.05) is 9.24 Å². The highest BCUT2D eigenvalue weighted by molar-refractivity contribution is 7.16. The first-order chi connectivity index (χ1) is 2.41. The Bertz CT molecular complexity index is 15.0. The minimum Gasteiger partial charge on any atom is -1.00 e. The van der Waals surface area contributed by atoms with Gasteiger partial charge in [0.1, 0.15) is 0 Å². The Morgan fingerprint density at radius 2 is 2.00 bits per heavy atom. The van der Waals surface area contributed by atoms with Crippen LogP contribution in [0.1, 0.15) is 19.8 Å². The molecule has 0 N–H and O–H groups in total. The molecule has 0 radical (unpaired) electrons. The average molecular weight is 171 g/mol. The maximum absolute atomic E-state index is 2.22. The molecule has 1 unspecified atom stereocenters. The molecule has 6 heavy (non-hydrogen) atoms. The van der Waals surface area contributed by atoms with E-state index in [0.717, 1.165) is 0 Å². The number of hydrogen-bond donors (Lipinski definition) is 0. The van der Waals surface area contributed by atoms with Crippen molar-refractivity contribution in [3.05, 3.63) is 0 Å². The standard InChI is InChI=1S/C4H11P.BrH/c1-2-3-4-5;/h2-5H2,1H3;1H. The first kappa shape index (κ1) is 10.0. The first-order valence-electron chi connectivity index (χ1n) is 2.21. The van der Waals surface area contributed by atoms with E-state index < -0.39 is 0 Å². The minimum atomic E-state index is 0. The monoisotopic (exact) mass is 170 g/mol. The number of hydrogen-bond acceptors (Lipinski definition) is 0. The zero-order chi connectivity index (χ0) is 4.12.